The van der Waals surface area contributed by atoms with Crippen molar-refractivity contribution in [3.63, 3.8) is 0 Å². The molecule has 0 aliphatic carbocycles. The second-order valence-electron chi connectivity index (χ2n) is 6.48. The van der Waals surface area contributed by atoms with Crippen LogP contribution >= 0.6 is 0 Å². The van der Waals surface area contributed by atoms with Crippen LogP contribution in [-0.4, -0.2) is 35.6 Å². The zero-order chi connectivity index (χ0) is 17.0. The number of hydrogen-bond acceptors (Lipinski definition) is 4. The van der Waals surface area contributed by atoms with Crippen molar-refractivity contribution >= 4 is 23.4 Å². The van der Waals surface area contributed by atoms with E-state index in [0.717, 1.165) is 0 Å². The third-order valence-electron chi connectivity index (χ3n) is 3.32. The predicted molar refractivity (Wildman–Crippen MR) is 90.0 cm³/mol. The molecule has 0 spiro atoms. The SMILES string of the molecule is CC(C)(C)OC(=O)N1CC=C(C(=O)Nc2ccc(N)cc2)CC1. The van der Waals surface area contributed by atoms with E-state index in [9.17, 15) is 9.59 Å². The van der Waals surface area contributed by atoms with Gasteiger partial charge in [-0.15, -0.1) is 0 Å². The van der Waals surface area contributed by atoms with Crippen molar-refractivity contribution in [3.05, 3.63) is 35.9 Å². The molecule has 6 heteroatoms. The number of hydrogen-bond donors (Lipinski definition) is 2. The quantitative estimate of drug-likeness (QED) is 0.821. The molecule has 0 saturated heterocycles. The standard InChI is InChI=1S/C17H23N3O3/c1-17(2,3)23-16(22)20-10-8-12(9-11-20)15(21)19-14-6-4-13(18)5-7-14/h4-8H,9-11,18H2,1-3H3,(H,19,21). The predicted octanol–water partition coefficient (Wildman–Crippen LogP) is 2.77. The van der Waals surface area contributed by atoms with Crippen LogP contribution in [0.25, 0.3) is 0 Å². The Morgan fingerprint density at radius 2 is 1.87 bits per heavy atom. The van der Waals surface area contributed by atoms with Gasteiger partial charge >= 0.3 is 6.09 Å². The Bertz CT molecular complexity index is 615. The summed E-state index contributed by atoms with van der Waals surface area (Å²) in [4.78, 5) is 25.8. The van der Waals surface area contributed by atoms with Crippen molar-refractivity contribution in [2.75, 3.05) is 24.1 Å². The third-order valence-corrected chi connectivity index (χ3v) is 3.32. The number of ether oxygens (including phenoxy) is 1. The number of carbonyl (C=O) groups is 2. The number of nitrogens with two attached hydrogens (primary N) is 1. The van der Waals surface area contributed by atoms with Gasteiger partial charge in [-0.25, -0.2) is 4.79 Å². The van der Waals surface area contributed by atoms with Crippen molar-refractivity contribution < 1.29 is 14.3 Å². The summed E-state index contributed by atoms with van der Waals surface area (Å²) >= 11 is 0. The van der Waals surface area contributed by atoms with Crippen LogP contribution in [0.3, 0.4) is 0 Å². The van der Waals surface area contributed by atoms with Crippen LogP contribution in [-0.2, 0) is 9.53 Å². The number of rotatable bonds is 2. The van der Waals surface area contributed by atoms with Gasteiger partial charge in [0.2, 0.25) is 0 Å². The average Bonchev–Trinajstić information content (AvgIpc) is 2.48. The van der Waals surface area contributed by atoms with Crippen LogP contribution < -0.4 is 11.1 Å². The molecular weight excluding hydrogens is 294 g/mol. The Kier molecular flexibility index (Phi) is 4.93. The van der Waals surface area contributed by atoms with Crippen molar-refractivity contribution in [1.82, 2.24) is 4.90 Å². The van der Waals surface area contributed by atoms with Crippen molar-refractivity contribution in [3.8, 4) is 0 Å². The summed E-state index contributed by atoms with van der Waals surface area (Å²) in [6.45, 7) is 6.33. The van der Waals surface area contributed by atoms with Gasteiger partial charge in [0, 0.05) is 30.0 Å². The highest BCUT2D eigenvalue weighted by Crippen LogP contribution is 2.17. The molecule has 3 N–H and O–H groups in total. The normalized spacial score (nSPS) is 14.9. The smallest absolute Gasteiger partial charge is 0.410 e. The molecule has 1 aliphatic heterocycles. The van der Waals surface area contributed by atoms with Gasteiger partial charge in [0.25, 0.3) is 5.91 Å². The molecular formula is C17H23N3O3. The number of nitrogen functional groups attached to an aromatic ring is 1. The Hall–Kier alpha value is -2.50. The average molecular weight is 317 g/mol. The fraction of sp³-hybridized carbons (Fsp3) is 0.412. The Morgan fingerprint density at radius 1 is 1.22 bits per heavy atom. The molecule has 1 aromatic carbocycles. The van der Waals surface area contributed by atoms with Gasteiger partial charge < -0.3 is 20.7 Å². The van der Waals surface area contributed by atoms with Gasteiger partial charge in [-0.3, -0.25) is 4.79 Å². The van der Waals surface area contributed by atoms with Gasteiger partial charge in [0.15, 0.2) is 0 Å². The van der Waals surface area contributed by atoms with Gasteiger partial charge in [0.05, 0.1) is 0 Å². The van der Waals surface area contributed by atoms with Crippen molar-refractivity contribution in [2.24, 2.45) is 0 Å². The zero-order valence-corrected chi connectivity index (χ0v) is 13.8. The molecule has 124 valence electrons. The summed E-state index contributed by atoms with van der Waals surface area (Å²) in [6, 6.07) is 6.97. The fourth-order valence-electron chi connectivity index (χ4n) is 2.15. The number of amides is 2. The van der Waals surface area contributed by atoms with E-state index in [1.807, 2.05) is 20.8 Å². The Labute approximate surface area is 136 Å². The highest BCUT2D eigenvalue weighted by molar-refractivity contribution is 6.04. The number of nitrogens with one attached hydrogen (secondary N) is 1. The first-order valence-electron chi connectivity index (χ1n) is 7.58. The van der Waals surface area contributed by atoms with Crippen LogP contribution in [0.2, 0.25) is 0 Å². The van der Waals surface area contributed by atoms with E-state index in [-0.39, 0.29) is 12.0 Å². The topological polar surface area (TPSA) is 84.7 Å². The van der Waals surface area contributed by atoms with Gasteiger partial charge in [-0.2, -0.15) is 0 Å². The molecule has 0 atom stereocenters. The second-order valence-corrected chi connectivity index (χ2v) is 6.48. The number of anilines is 2. The van der Waals surface area contributed by atoms with E-state index < -0.39 is 5.60 Å². The number of carbonyl (C=O) groups excluding carboxylic acids is 2. The molecule has 2 amide bonds. The third kappa shape index (κ3) is 5.02. The van der Waals surface area contributed by atoms with Gasteiger partial charge in [-0.1, -0.05) is 6.08 Å². The highest BCUT2D eigenvalue weighted by atomic mass is 16.6. The Balaban J connectivity index is 1.92. The molecule has 0 unspecified atom stereocenters. The minimum Gasteiger partial charge on any atom is -0.444 e. The molecule has 1 aliphatic rings. The first kappa shape index (κ1) is 16.9. The first-order chi connectivity index (χ1) is 10.7. The molecule has 0 aromatic heterocycles. The Morgan fingerprint density at radius 3 is 2.39 bits per heavy atom. The van der Waals surface area contributed by atoms with Gasteiger partial charge in [0.1, 0.15) is 5.60 Å². The van der Waals surface area contributed by atoms with Crippen molar-refractivity contribution in [1.29, 1.82) is 0 Å². The molecule has 6 nitrogen and oxygen atoms in total. The van der Waals surface area contributed by atoms with Crippen molar-refractivity contribution in [2.45, 2.75) is 32.8 Å². The summed E-state index contributed by atoms with van der Waals surface area (Å²) in [5.74, 6) is -0.154. The fourth-order valence-corrected chi connectivity index (χ4v) is 2.15. The van der Waals surface area contributed by atoms with E-state index >= 15 is 0 Å². The lowest BCUT2D eigenvalue weighted by Gasteiger charge is -2.29. The van der Waals surface area contributed by atoms with E-state index in [2.05, 4.69) is 5.32 Å². The van der Waals surface area contributed by atoms with E-state index in [0.29, 0.717) is 36.5 Å². The minimum atomic E-state index is -0.520. The highest BCUT2D eigenvalue weighted by Gasteiger charge is 2.25. The monoisotopic (exact) mass is 317 g/mol. The lowest BCUT2D eigenvalue weighted by molar-refractivity contribution is -0.113. The molecule has 0 radical (unpaired) electrons. The summed E-state index contributed by atoms with van der Waals surface area (Å²) in [6.07, 6.45) is 1.91. The maximum absolute atomic E-state index is 12.2. The first-order valence-corrected chi connectivity index (χ1v) is 7.58. The van der Waals surface area contributed by atoms with E-state index in [4.69, 9.17) is 10.5 Å². The van der Waals surface area contributed by atoms with Gasteiger partial charge in [-0.05, 0) is 51.5 Å². The second kappa shape index (κ2) is 6.73. The maximum atomic E-state index is 12.2. The summed E-state index contributed by atoms with van der Waals surface area (Å²) in [5, 5.41) is 2.82. The molecule has 0 saturated carbocycles. The minimum absolute atomic E-state index is 0.154. The zero-order valence-electron chi connectivity index (χ0n) is 13.8. The van der Waals surface area contributed by atoms with Crippen LogP contribution in [0, 0.1) is 0 Å². The summed E-state index contributed by atoms with van der Waals surface area (Å²) < 4.78 is 5.33. The van der Waals surface area contributed by atoms with Crippen LogP contribution in [0.4, 0.5) is 16.2 Å². The van der Waals surface area contributed by atoms with Crippen LogP contribution in [0.15, 0.2) is 35.9 Å². The molecule has 1 aromatic rings. The molecule has 23 heavy (non-hydrogen) atoms. The molecule has 0 fully saturated rings. The lowest BCUT2D eigenvalue weighted by atomic mass is 10.1. The summed E-state index contributed by atoms with van der Waals surface area (Å²) in [5.41, 5.74) is 7.10. The van der Waals surface area contributed by atoms with Crippen LogP contribution in [0.1, 0.15) is 27.2 Å². The van der Waals surface area contributed by atoms with E-state index in [1.54, 1.807) is 35.2 Å². The maximum Gasteiger partial charge on any atom is 0.410 e. The molecule has 2 rings (SSSR count). The van der Waals surface area contributed by atoms with Crippen LogP contribution in [0.5, 0.6) is 0 Å². The molecule has 1 heterocycles. The lowest BCUT2D eigenvalue weighted by Crippen LogP contribution is -2.40. The largest absolute Gasteiger partial charge is 0.444 e. The number of nitrogens with zero attached hydrogens (tertiary/aromatic N) is 1. The summed E-state index contributed by atoms with van der Waals surface area (Å²) in [7, 11) is 0. The molecule has 0 bridgehead atoms. The van der Waals surface area contributed by atoms with E-state index in [1.165, 1.54) is 0 Å². The number of benzene rings is 1.